The number of aliphatic imine (C=N–C) groups is 1. The molecule has 1 fully saturated rings. The highest BCUT2D eigenvalue weighted by atomic mass is 16.6. The van der Waals surface area contributed by atoms with Crippen LogP contribution in [0.3, 0.4) is 0 Å². The van der Waals surface area contributed by atoms with Crippen molar-refractivity contribution in [3.63, 3.8) is 0 Å². The van der Waals surface area contributed by atoms with E-state index in [4.69, 9.17) is 9.73 Å². The fraction of sp³-hybridized carbons (Fsp3) is 0.895. The van der Waals surface area contributed by atoms with Crippen molar-refractivity contribution in [1.29, 1.82) is 0 Å². The molecule has 1 heterocycles. The van der Waals surface area contributed by atoms with E-state index in [-0.39, 0.29) is 6.09 Å². The molecule has 0 aromatic heterocycles. The van der Waals surface area contributed by atoms with Gasteiger partial charge in [0.2, 0.25) is 0 Å². The number of ether oxygens (including phenoxy) is 1. The van der Waals surface area contributed by atoms with Crippen LogP contribution in [0, 0.1) is 11.8 Å². The zero-order valence-corrected chi connectivity index (χ0v) is 17.0. The third-order valence-electron chi connectivity index (χ3n) is 4.04. The average Bonchev–Trinajstić information content (AvgIpc) is 2.51. The van der Waals surface area contributed by atoms with Gasteiger partial charge in [0.15, 0.2) is 5.96 Å². The summed E-state index contributed by atoms with van der Waals surface area (Å²) in [4.78, 5) is 18.8. The monoisotopic (exact) mass is 354 g/mol. The van der Waals surface area contributed by atoms with E-state index in [9.17, 15) is 4.79 Å². The number of carbonyl (C=O) groups excluding carboxylic acids is 1. The summed E-state index contributed by atoms with van der Waals surface area (Å²) >= 11 is 0. The molecule has 1 atom stereocenters. The molecular weight excluding hydrogens is 316 g/mol. The molecule has 0 aromatic carbocycles. The Morgan fingerprint density at radius 3 is 2.64 bits per heavy atom. The predicted molar refractivity (Wildman–Crippen MR) is 104 cm³/mol. The summed E-state index contributed by atoms with van der Waals surface area (Å²) in [6.07, 6.45) is 3.04. The van der Waals surface area contributed by atoms with Crippen LogP contribution in [0.4, 0.5) is 4.79 Å². The second kappa shape index (κ2) is 10.5. The lowest BCUT2D eigenvalue weighted by molar-refractivity contribution is 0.0170. The van der Waals surface area contributed by atoms with Crippen LogP contribution in [-0.2, 0) is 4.74 Å². The fourth-order valence-corrected chi connectivity index (χ4v) is 2.75. The van der Waals surface area contributed by atoms with E-state index in [0.717, 1.165) is 57.9 Å². The molecule has 1 aliphatic rings. The molecule has 1 amide bonds. The topological polar surface area (TPSA) is 66.0 Å². The SMILES string of the molecule is CCNC(=NCC1CCCN(C(=O)OC(C)(C)C)C1)NCCC(C)C. The quantitative estimate of drug-likeness (QED) is 0.568. The van der Waals surface area contributed by atoms with Gasteiger partial charge in [-0.1, -0.05) is 13.8 Å². The van der Waals surface area contributed by atoms with Crippen LogP contribution in [0.2, 0.25) is 0 Å². The molecule has 1 unspecified atom stereocenters. The van der Waals surface area contributed by atoms with Crippen LogP contribution in [0.25, 0.3) is 0 Å². The molecule has 0 saturated carbocycles. The lowest BCUT2D eigenvalue weighted by Gasteiger charge is -2.33. The number of hydrogen-bond donors (Lipinski definition) is 2. The highest BCUT2D eigenvalue weighted by molar-refractivity contribution is 5.79. The van der Waals surface area contributed by atoms with E-state index >= 15 is 0 Å². The van der Waals surface area contributed by atoms with Crippen molar-refractivity contribution in [3.8, 4) is 0 Å². The van der Waals surface area contributed by atoms with Crippen molar-refractivity contribution in [2.75, 3.05) is 32.7 Å². The van der Waals surface area contributed by atoms with E-state index < -0.39 is 5.60 Å². The number of carbonyl (C=O) groups is 1. The number of likely N-dealkylation sites (tertiary alicyclic amines) is 1. The van der Waals surface area contributed by atoms with Crippen LogP contribution in [0.5, 0.6) is 0 Å². The van der Waals surface area contributed by atoms with Crippen molar-refractivity contribution in [2.45, 2.75) is 66.4 Å². The smallest absolute Gasteiger partial charge is 0.410 e. The van der Waals surface area contributed by atoms with E-state index in [1.165, 1.54) is 0 Å². The van der Waals surface area contributed by atoms with Crippen molar-refractivity contribution in [2.24, 2.45) is 16.8 Å². The van der Waals surface area contributed by atoms with Gasteiger partial charge in [-0.05, 0) is 58.8 Å². The fourth-order valence-electron chi connectivity index (χ4n) is 2.75. The average molecular weight is 355 g/mol. The molecule has 0 aliphatic carbocycles. The Kier molecular flexibility index (Phi) is 9.08. The van der Waals surface area contributed by atoms with Gasteiger partial charge >= 0.3 is 6.09 Å². The second-order valence-electron chi connectivity index (χ2n) is 8.26. The van der Waals surface area contributed by atoms with Crippen LogP contribution < -0.4 is 10.6 Å². The summed E-state index contributed by atoms with van der Waals surface area (Å²) in [7, 11) is 0. The zero-order chi connectivity index (χ0) is 18.9. The molecule has 0 spiro atoms. The Balaban J connectivity index is 2.51. The van der Waals surface area contributed by atoms with Crippen molar-refractivity contribution < 1.29 is 9.53 Å². The first-order valence-corrected chi connectivity index (χ1v) is 9.71. The molecule has 0 aromatic rings. The van der Waals surface area contributed by atoms with Gasteiger partial charge in [0.05, 0.1) is 0 Å². The Bertz CT molecular complexity index is 430. The molecule has 146 valence electrons. The zero-order valence-electron chi connectivity index (χ0n) is 17.0. The molecule has 6 heteroatoms. The molecule has 6 nitrogen and oxygen atoms in total. The number of nitrogens with zero attached hydrogens (tertiary/aromatic N) is 2. The molecule has 1 saturated heterocycles. The lowest BCUT2D eigenvalue weighted by atomic mass is 9.98. The van der Waals surface area contributed by atoms with Gasteiger partial charge in [0, 0.05) is 32.7 Å². The molecule has 25 heavy (non-hydrogen) atoms. The summed E-state index contributed by atoms with van der Waals surface area (Å²) in [5, 5.41) is 6.68. The maximum absolute atomic E-state index is 12.2. The number of guanidine groups is 1. The Morgan fingerprint density at radius 1 is 1.32 bits per heavy atom. The lowest BCUT2D eigenvalue weighted by Crippen LogP contribution is -2.44. The number of hydrogen-bond acceptors (Lipinski definition) is 3. The summed E-state index contributed by atoms with van der Waals surface area (Å²) in [5.74, 6) is 1.94. The Labute approximate surface area is 153 Å². The minimum Gasteiger partial charge on any atom is -0.444 e. The minimum atomic E-state index is -0.444. The third kappa shape index (κ3) is 9.56. The molecule has 1 aliphatic heterocycles. The first-order chi connectivity index (χ1) is 11.7. The summed E-state index contributed by atoms with van der Waals surface area (Å²) < 4.78 is 5.49. The van der Waals surface area contributed by atoms with Gasteiger partial charge in [-0.25, -0.2) is 4.79 Å². The largest absolute Gasteiger partial charge is 0.444 e. The Morgan fingerprint density at radius 2 is 2.04 bits per heavy atom. The number of nitrogens with one attached hydrogen (secondary N) is 2. The number of piperidine rings is 1. The van der Waals surface area contributed by atoms with Crippen LogP contribution in [-0.4, -0.2) is 55.3 Å². The van der Waals surface area contributed by atoms with Gasteiger partial charge in [0.1, 0.15) is 5.60 Å². The van der Waals surface area contributed by atoms with Crippen LogP contribution in [0.1, 0.15) is 60.8 Å². The van der Waals surface area contributed by atoms with Crippen LogP contribution >= 0.6 is 0 Å². The van der Waals surface area contributed by atoms with Gasteiger partial charge in [-0.15, -0.1) is 0 Å². The van der Waals surface area contributed by atoms with E-state index in [0.29, 0.717) is 11.8 Å². The van der Waals surface area contributed by atoms with Gasteiger partial charge in [0.25, 0.3) is 0 Å². The van der Waals surface area contributed by atoms with Gasteiger partial charge in [-0.3, -0.25) is 4.99 Å². The van der Waals surface area contributed by atoms with E-state index in [2.05, 4.69) is 31.4 Å². The first kappa shape index (κ1) is 21.6. The number of amides is 1. The molecular formula is C19H38N4O2. The molecule has 2 N–H and O–H groups in total. The number of rotatable bonds is 6. The highest BCUT2D eigenvalue weighted by Gasteiger charge is 2.27. The van der Waals surface area contributed by atoms with Crippen molar-refractivity contribution in [3.05, 3.63) is 0 Å². The first-order valence-electron chi connectivity index (χ1n) is 9.71. The minimum absolute atomic E-state index is 0.205. The highest BCUT2D eigenvalue weighted by Crippen LogP contribution is 2.19. The van der Waals surface area contributed by atoms with E-state index in [1.54, 1.807) is 0 Å². The normalized spacial score (nSPS) is 19.1. The Hall–Kier alpha value is -1.46. The standard InChI is InChI=1S/C19H38N4O2/c1-7-20-17(21-11-10-15(2)3)22-13-16-9-8-12-23(14-16)18(24)25-19(4,5)6/h15-16H,7-14H2,1-6H3,(H2,20,21,22). The second-order valence-corrected chi connectivity index (χ2v) is 8.26. The summed E-state index contributed by atoms with van der Waals surface area (Å²) in [5.41, 5.74) is -0.444. The molecule has 0 bridgehead atoms. The third-order valence-corrected chi connectivity index (χ3v) is 4.04. The van der Waals surface area contributed by atoms with Gasteiger partial charge in [-0.2, -0.15) is 0 Å². The van der Waals surface area contributed by atoms with Crippen LogP contribution in [0.15, 0.2) is 4.99 Å². The van der Waals surface area contributed by atoms with E-state index in [1.807, 2.05) is 25.7 Å². The molecule has 1 rings (SSSR count). The van der Waals surface area contributed by atoms with Crippen molar-refractivity contribution >= 4 is 12.1 Å². The summed E-state index contributed by atoms with van der Waals surface area (Å²) in [6.45, 7) is 16.2. The summed E-state index contributed by atoms with van der Waals surface area (Å²) in [6, 6.07) is 0. The molecule has 0 radical (unpaired) electrons. The maximum Gasteiger partial charge on any atom is 0.410 e. The maximum atomic E-state index is 12.2. The van der Waals surface area contributed by atoms with Gasteiger partial charge < -0.3 is 20.3 Å². The van der Waals surface area contributed by atoms with Crippen molar-refractivity contribution in [1.82, 2.24) is 15.5 Å². The predicted octanol–water partition coefficient (Wildman–Crippen LogP) is 3.23.